The first-order valence-electron chi connectivity index (χ1n) is 9.86. The molecule has 2 heterocycles. The molecule has 2 bridgehead atoms. The highest BCUT2D eigenvalue weighted by molar-refractivity contribution is 6.07. The van der Waals surface area contributed by atoms with Gasteiger partial charge < -0.3 is 14.6 Å². The number of cyclic esters (lactones) is 1. The Kier molecular flexibility index (Phi) is 3.16. The van der Waals surface area contributed by atoms with Crippen molar-refractivity contribution in [1.82, 2.24) is 0 Å². The molecule has 5 aliphatic rings. The van der Waals surface area contributed by atoms with Crippen LogP contribution < -0.4 is 0 Å². The third kappa shape index (κ3) is 1.72. The molecule has 2 spiro atoms. The van der Waals surface area contributed by atoms with Crippen molar-refractivity contribution < 1.29 is 24.2 Å². The molecule has 3 aliphatic carbocycles. The van der Waals surface area contributed by atoms with Crippen LogP contribution in [0.2, 0.25) is 0 Å². The lowest BCUT2D eigenvalue weighted by Crippen LogP contribution is -2.64. The maximum atomic E-state index is 13.2. The lowest BCUT2D eigenvalue weighted by molar-refractivity contribution is -0.225. The molecule has 2 saturated heterocycles. The number of ether oxygens (including phenoxy) is 2. The third-order valence-corrected chi connectivity index (χ3v) is 8.73. The second kappa shape index (κ2) is 4.86. The zero-order chi connectivity index (χ0) is 17.6. The molecule has 1 N–H and O–H groups in total. The largest absolute Gasteiger partial charge is 0.464 e. The van der Waals surface area contributed by atoms with E-state index in [4.69, 9.17) is 9.47 Å². The third-order valence-electron chi connectivity index (χ3n) is 8.73. The number of carbonyl (C=O) groups is 2. The second-order valence-electron chi connectivity index (χ2n) is 9.71. The number of hydrogen-bond acceptors (Lipinski definition) is 5. The predicted octanol–water partition coefficient (Wildman–Crippen LogP) is 2.31. The molecular weight excluding hydrogens is 320 g/mol. The van der Waals surface area contributed by atoms with Crippen LogP contribution in [-0.4, -0.2) is 36.4 Å². The van der Waals surface area contributed by atoms with Gasteiger partial charge in [-0.05, 0) is 49.4 Å². The number of fused-ring (bicyclic) bond motifs is 4. The second-order valence-corrected chi connectivity index (χ2v) is 9.71. The van der Waals surface area contributed by atoms with Crippen LogP contribution in [-0.2, 0) is 19.1 Å². The lowest BCUT2D eigenvalue weighted by Gasteiger charge is -2.60. The van der Waals surface area contributed by atoms with Crippen LogP contribution in [0.25, 0.3) is 0 Å². The highest BCUT2D eigenvalue weighted by atomic mass is 16.6. The van der Waals surface area contributed by atoms with Gasteiger partial charge in [-0.25, -0.2) is 0 Å². The quantitative estimate of drug-likeness (QED) is 0.537. The van der Waals surface area contributed by atoms with Gasteiger partial charge in [-0.3, -0.25) is 9.59 Å². The molecule has 5 fully saturated rings. The number of Topliss-reactive ketones (excluding diaryl/α,β-unsaturated/α-hetero) is 1. The van der Waals surface area contributed by atoms with Gasteiger partial charge in [-0.2, -0.15) is 0 Å². The Morgan fingerprint density at radius 2 is 1.96 bits per heavy atom. The van der Waals surface area contributed by atoms with Crippen LogP contribution in [0.15, 0.2) is 0 Å². The first kappa shape index (κ1) is 16.2. The highest BCUT2D eigenvalue weighted by Crippen LogP contribution is 2.69. The fourth-order valence-corrected chi connectivity index (χ4v) is 7.68. The van der Waals surface area contributed by atoms with Gasteiger partial charge in [0.25, 0.3) is 0 Å². The molecule has 0 aromatic heterocycles. The number of ketones is 1. The van der Waals surface area contributed by atoms with E-state index in [1.807, 2.05) is 6.92 Å². The van der Waals surface area contributed by atoms with Gasteiger partial charge >= 0.3 is 5.97 Å². The van der Waals surface area contributed by atoms with E-state index in [1.165, 1.54) is 0 Å². The van der Waals surface area contributed by atoms with Crippen LogP contribution >= 0.6 is 0 Å². The van der Waals surface area contributed by atoms with Crippen molar-refractivity contribution in [2.24, 2.45) is 39.9 Å². The number of carbonyl (C=O) groups excluding carboxylic acids is 2. The number of aliphatic hydroxyl groups is 1. The van der Waals surface area contributed by atoms with Crippen LogP contribution in [0.1, 0.15) is 52.4 Å². The van der Waals surface area contributed by atoms with Crippen molar-refractivity contribution in [3.8, 4) is 0 Å². The van der Waals surface area contributed by atoms with Crippen molar-refractivity contribution in [3.05, 3.63) is 0 Å². The monoisotopic (exact) mass is 348 g/mol. The Morgan fingerprint density at radius 3 is 2.76 bits per heavy atom. The fourth-order valence-electron chi connectivity index (χ4n) is 7.68. The lowest BCUT2D eigenvalue weighted by atomic mass is 9.45. The van der Waals surface area contributed by atoms with E-state index in [2.05, 4.69) is 6.92 Å². The summed E-state index contributed by atoms with van der Waals surface area (Å²) in [5.74, 6) is 0.0196. The summed E-state index contributed by atoms with van der Waals surface area (Å²) in [6.45, 7) is 5.08. The summed E-state index contributed by atoms with van der Waals surface area (Å²) in [4.78, 5) is 26.1. The van der Waals surface area contributed by atoms with E-state index in [9.17, 15) is 14.7 Å². The Hall–Kier alpha value is -0.940. The number of esters is 1. The molecule has 3 saturated carbocycles. The van der Waals surface area contributed by atoms with E-state index in [0.29, 0.717) is 25.6 Å². The van der Waals surface area contributed by atoms with Gasteiger partial charge in [0, 0.05) is 17.3 Å². The Labute approximate surface area is 148 Å². The molecule has 0 aromatic carbocycles. The minimum absolute atomic E-state index is 0.00377. The first-order valence-corrected chi connectivity index (χ1v) is 9.86. The minimum atomic E-state index is -0.957. The zero-order valence-electron chi connectivity index (χ0n) is 15.1. The van der Waals surface area contributed by atoms with Crippen molar-refractivity contribution >= 4 is 11.8 Å². The summed E-state index contributed by atoms with van der Waals surface area (Å²) in [5.41, 5.74) is -1.37. The molecule has 5 rings (SSSR count). The molecule has 5 nitrogen and oxygen atoms in total. The molecule has 138 valence electrons. The van der Waals surface area contributed by atoms with E-state index in [1.54, 1.807) is 0 Å². The topological polar surface area (TPSA) is 72.8 Å². The predicted molar refractivity (Wildman–Crippen MR) is 88.2 cm³/mol. The van der Waals surface area contributed by atoms with Crippen molar-refractivity contribution in [2.75, 3.05) is 13.2 Å². The summed E-state index contributed by atoms with van der Waals surface area (Å²) < 4.78 is 11.4. The SMILES string of the molecule is C[C@H]1C(=O)[C@]23C[C@@H]1CC[C@H]2[C@@]1(CCC[C@@]2(C)CO[C@@H](O)[C@H]21)COC3=O. The summed E-state index contributed by atoms with van der Waals surface area (Å²) in [5, 5.41) is 10.7. The van der Waals surface area contributed by atoms with E-state index >= 15 is 0 Å². The maximum Gasteiger partial charge on any atom is 0.319 e. The van der Waals surface area contributed by atoms with E-state index < -0.39 is 11.7 Å². The molecule has 0 amide bonds. The summed E-state index contributed by atoms with van der Waals surface area (Å²) in [6.07, 6.45) is 4.73. The summed E-state index contributed by atoms with van der Waals surface area (Å²) >= 11 is 0. The Morgan fingerprint density at radius 1 is 1.16 bits per heavy atom. The van der Waals surface area contributed by atoms with Gasteiger partial charge in [0.15, 0.2) is 12.1 Å². The smallest absolute Gasteiger partial charge is 0.319 e. The Bertz CT molecular complexity index is 642. The van der Waals surface area contributed by atoms with Crippen LogP contribution in [0.4, 0.5) is 0 Å². The number of aliphatic hydroxyl groups excluding tert-OH is 1. The molecule has 0 radical (unpaired) electrons. The summed E-state index contributed by atoms with van der Waals surface area (Å²) in [7, 11) is 0. The standard InChI is InChI=1S/C20H28O5/c1-11-12-4-5-13-19(10-25-17(23)20(13,8-12)15(11)21)7-3-6-18(2)9-24-16(22)14(18)19/h11-14,16,22H,3-10H2,1-2H3/t11-,12+,13+,14-,16-,18+,19-,20+/m1/s1. The van der Waals surface area contributed by atoms with Crippen LogP contribution in [0, 0.1) is 39.9 Å². The molecule has 0 unspecified atom stereocenters. The van der Waals surface area contributed by atoms with Gasteiger partial charge in [0.05, 0.1) is 13.2 Å². The van der Waals surface area contributed by atoms with Gasteiger partial charge in [-0.15, -0.1) is 0 Å². The van der Waals surface area contributed by atoms with E-state index in [0.717, 1.165) is 32.1 Å². The molecular formula is C20H28O5. The zero-order valence-corrected chi connectivity index (χ0v) is 15.1. The number of hydrogen-bond donors (Lipinski definition) is 1. The highest BCUT2D eigenvalue weighted by Gasteiger charge is 2.74. The Balaban J connectivity index is 1.66. The molecule has 25 heavy (non-hydrogen) atoms. The first-order chi connectivity index (χ1) is 11.9. The summed E-state index contributed by atoms with van der Waals surface area (Å²) in [6, 6.07) is 0. The van der Waals surface area contributed by atoms with Crippen molar-refractivity contribution in [3.63, 3.8) is 0 Å². The van der Waals surface area contributed by atoms with Gasteiger partial charge in [0.2, 0.25) is 0 Å². The number of rotatable bonds is 0. The maximum absolute atomic E-state index is 13.2. The van der Waals surface area contributed by atoms with Crippen molar-refractivity contribution in [2.45, 2.75) is 58.7 Å². The normalized spacial score (nSPS) is 57.3. The van der Waals surface area contributed by atoms with Crippen molar-refractivity contribution in [1.29, 1.82) is 0 Å². The van der Waals surface area contributed by atoms with Crippen LogP contribution in [0.5, 0.6) is 0 Å². The molecule has 8 atom stereocenters. The van der Waals surface area contributed by atoms with E-state index in [-0.39, 0.29) is 40.3 Å². The average molecular weight is 348 g/mol. The molecule has 5 heteroatoms. The molecule has 2 aliphatic heterocycles. The average Bonchev–Trinajstić information content (AvgIpc) is 3.01. The minimum Gasteiger partial charge on any atom is -0.464 e. The fraction of sp³-hybridized carbons (Fsp3) is 0.900. The van der Waals surface area contributed by atoms with Gasteiger partial charge in [0.1, 0.15) is 5.41 Å². The van der Waals surface area contributed by atoms with Crippen LogP contribution in [0.3, 0.4) is 0 Å². The van der Waals surface area contributed by atoms with Gasteiger partial charge in [-0.1, -0.05) is 20.3 Å². The molecule has 0 aromatic rings.